The van der Waals surface area contributed by atoms with E-state index in [4.69, 9.17) is 0 Å². The molecule has 3 atom stereocenters. The molecule has 2 bridgehead atoms. The lowest BCUT2D eigenvalue weighted by molar-refractivity contribution is 0.174. The first-order valence-electron chi connectivity index (χ1n) is 10.2. The van der Waals surface area contributed by atoms with Crippen molar-refractivity contribution in [3.8, 4) is 0 Å². The molecule has 2 heterocycles. The minimum atomic E-state index is -3.18. The monoisotopic (exact) mass is 381 g/mol. The molecule has 0 aromatic heterocycles. The quantitative estimate of drug-likeness (QED) is 0.759. The Morgan fingerprint density at radius 3 is 2.31 bits per heavy atom. The summed E-state index contributed by atoms with van der Waals surface area (Å²) in [6.45, 7) is 3.17. The zero-order valence-electron chi connectivity index (χ0n) is 15.5. The molecule has 26 heavy (non-hydrogen) atoms. The summed E-state index contributed by atoms with van der Waals surface area (Å²) >= 11 is 0. The van der Waals surface area contributed by atoms with Crippen molar-refractivity contribution in [1.82, 2.24) is 14.5 Å². The van der Waals surface area contributed by atoms with Crippen LogP contribution in [-0.2, 0) is 10.0 Å². The van der Waals surface area contributed by atoms with Crippen LogP contribution in [0, 0.1) is 17.8 Å². The molecule has 0 radical (unpaired) electrons. The van der Waals surface area contributed by atoms with Crippen molar-refractivity contribution in [3.05, 3.63) is 12.2 Å². The number of carbonyl (C=O) groups excluding carboxylic acids is 1. The molecule has 7 heteroatoms. The maximum Gasteiger partial charge on any atom is 0.317 e. The number of urea groups is 1. The lowest BCUT2D eigenvalue weighted by Gasteiger charge is -2.39. The molecular weight excluding hydrogens is 350 g/mol. The molecule has 3 aliphatic carbocycles. The van der Waals surface area contributed by atoms with Crippen LogP contribution in [0.5, 0.6) is 0 Å². The number of nitrogens with zero attached hydrogens (tertiary/aromatic N) is 2. The first-order chi connectivity index (χ1) is 12.5. The highest BCUT2D eigenvalue weighted by molar-refractivity contribution is 7.89. The number of carbonyl (C=O) groups is 1. The third-order valence-electron chi connectivity index (χ3n) is 6.80. The Balaban J connectivity index is 1.24. The summed E-state index contributed by atoms with van der Waals surface area (Å²) in [6.07, 6.45) is 11.5. The molecule has 5 rings (SSSR count). The second-order valence-electron chi connectivity index (χ2n) is 8.41. The van der Waals surface area contributed by atoms with E-state index in [0.717, 1.165) is 19.4 Å². The Kier molecular flexibility index (Phi) is 5.28. The van der Waals surface area contributed by atoms with Crippen molar-refractivity contribution in [2.24, 2.45) is 17.8 Å². The molecule has 1 saturated carbocycles. The number of amides is 2. The summed E-state index contributed by atoms with van der Waals surface area (Å²) in [5, 5.41) is 2.79. The van der Waals surface area contributed by atoms with E-state index in [9.17, 15) is 13.2 Å². The molecule has 2 amide bonds. The molecule has 6 nitrogen and oxygen atoms in total. The SMILES string of the molecule is O=C(NCC1CC2C=CC1CC2)N1CCC(S(=O)(=O)N2CCCC2)CC1. The van der Waals surface area contributed by atoms with E-state index in [0.29, 0.717) is 56.8 Å². The van der Waals surface area contributed by atoms with Crippen LogP contribution in [0.1, 0.15) is 44.9 Å². The molecular formula is C19H31N3O3S. The first kappa shape index (κ1) is 18.3. The average molecular weight is 382 g/mol. The van der Waals surface area contributed by atoms with Gasteiger partial charge in [0.05, 0.1) is 5.25 Å². The third kappa shape index (κ3) is 3.65. The van der Waals surface area contributed by atoms with Gasteiger partial charge in [0.2, 0.25) is 10.0 Å². The van der Waals surface area contributed by atoms with Crippen molar-refractivity contribution < 1.29 is 13.2 Å². The Labute approximate surface area is 157 Å². The van der Waals surface area contributed by atoms with Crippen LogP contribution in [-0.4, -0.2) is 61.6 Å². The molecule has 0 spiro atoms. The number of sulfonamides is 1. The summed E-state index contributed by atoms with van der Waals surface area (Å²) in [6, 6.07) is -0.0209. The highest BCUT2D eigenvalue weighted by Crippen LogP contribution is 2.39. The minimum Gasteiger partial charge on any atom is -0.338 e. The first-order valence-corrected chi connectivity index (χ1v) is 11.7. The molecule has 0 aromatic rings. The molecule has 2 saturated heterocycles. The maximum atomic E-state index is 12.7. The number of piperidine rings is 1. The number of hydrogen-bond donors (Lipinski definition) is 1. The van der Waals surface area contributed by atoms with Gasteiger partial charge in [-0.15, -0.1) is 0 Å². The second-order valence-corrected chi connectivity index (χ2v) is 10.6. The highest BCUT2D eigenvalue weighted by atomic mass is 32.2. The van der Waals surface area contributed by atoms with Crippen molar-refractivity contribution >= 4 is 16.1 Å². The molecule has 3 unspecified atom stereocenters. The van der Waals surface area contributed by atoms with Crippen molar-refractivity contribution in [3.63, 3.8) is 0 Å². The van der Waals surface area contributed by atoms with Gasteiger partial charge in [0.15, 0.2) is 0 Å². The van der Waals surface area contributed by atoms with Crippen LogP contribution in [0.2, 0.25) is 0 Å². The van der Waals surface area contributed by atoms with Crippen LogP contribution in [0.25, 0.3) is 0 Å². The van der Waals surface area contributed by atoms with Gasteiger partial charge in [-0.25, -0.2) is 17.5 Å². The lowest BCUT2D eigenvalue weighted by atomic mass is 9.69. The fourth-order valence-corrected chi connectivity index (χ4v) is 7.12. The standard InChI is InChI=1S/C19H31N3O3S/c23-19(20-14-17-13-15-3-5-16(17)6-4-15)21-11-7-18(8-12-21)26(24,25)22-9-1-2-10-22/h3,5,15-18H,1-2,4,6-14H2,(H,20,23). The van der Waals surface area contributed by atoms with Gasteiger partial charge in [0, 0.05) is 32.7 Å². The maximum absolute atomic E-state index is 12.7. The van der Waals surface area contributed by atoms with Crippen LogP contribution >= 0.6 is 0 Å². The zero-order chi connectivity index (χ0) is 18.1. The number of nitrogens with one attached hydrogen (secondary N) is 1. The minimum absolute atomic E-state index is 0.0209. The summed E-state index contributed by atoms with van der Waals surface area (Å²) in [5.74, 6) is 1.89. The zero-order valence-corrected chi connectivity index (χ0v) is 16.3. The van der Waals surface area contributed by atoms with Gasteiger partial charge in [-0.1, -0.05) is 12.2 Å². The number of fused-ring (bicyclic) bond motifs is 2. The van der Waals surface area contributed by atoms with Gasteiger partial charge in [0.1, 0.15) is 0 Å². The molecule has 146 valence electrons. The van der Waals surface area contributed by atoms with E-state index in [1.54, 1.807) is 9.21 Å². The predicted octanol–water partition coefficient (Wildman–Crippen LogP) is 2.19. The lowest BCUT2D eigenvalue weighted by Crippen LogP contribution is -2.50. The Morgan fingerprint density at radius 2 is 1.73 bits per heavy atom. The molecule has 5 aliphatic rings. The number of allylic oxidation sites excluding steroid dienone is 2. The van der Waals surface area contributed by atoms with Gasteiger partial charge in [-0.05, 0) is 62.7 Å². The van der Waals surface area contributed by atoms with Gasteiger partial charge >= 0.3 is 6.03 Å². The molecule has 3 fully saturated rings. The van der Waals surface area contributed by atoms with Gasteiger partial charge in [-0.2, -0.15) is 0 Å². The number of hydrogen-bond acceptors (Lipinski definition) is 3. The predicted molar refractivity (Wildman–Crippen MR) is 101 cm³/mol. The van der Waals surface area contributed by atoms with Crippen LogP contribution in [0.4, 0.5) is 4.79 Å². The molecule has 0 aromatic carbocycles. The Bertz CT molecular complexity index is 649. The van der Waals surface area contributed by atoms with Crippen LogP contribution < -0.4 is 5.32 Å². The Morgan fingerprint density at radius 1 is 1.00 bits per heavy atom. The van der Waals surface area contributed by atoms with Crippen molar-refractivity contribution in [2.75, 3.05) is 32.7 Å². The van der Waals surface area contributed by atoms with E-state index < -0.39 is 10.0 Å². The van der Waals surface area contributed by atoms with Gasteiger partial charge in [-0.3, -0.25) is 0 Å². The van der Waals surface area contributed by atoms with Crippen LogP contribution in [0.15, 0.2) is 12.2 Å². The number of likely N-dealkylation sites (tertiary alicyclic amines) is 1. The number of rotatable bonds is 4. The van der Waals surface area contributed by atoms with E-state index in [-0.39, 0.29) is 11.3 Å². The van der Waals surface area contributed by atoms with Crippen molar-refractivity contribution in [2.45, 2.75) is 50.2 Å². The average Bonchev–Trinajstić information content (AvgIpc) is 3.23. The Hall–Kier alpha value is -1.08. The summed E-state index contributed by atoms with van der Waals surface area (Å²) < 4.78 is 27.0. The second kappa shape index (κ2) is 7.50. The van der Waals surface area contributed by atoms with Gasteiger partial charge in [0.25, 0.3) is 0 Å². The van der Waals surface area contributed by atoms with E-state index in [1.165, 1.54) is 19.3 Å². The van der Waals surface area contributed by atoms with Crippen molar-refractivity contribution in [1.29, 1.82) is 0 Å². The van der Waals surface area contributed by atoms with Gasteiger partial charge < -0.3 is 10.2 Å². The topological polar surface area (TPSA) is 69.7 Å². The largest absolute Gasteiger partial charge is 0.338 e. The normalized spacial score (nSPS) is 32.9. The van der Waals surface area contributed by atoms with Crippen LogP contribution in [0.3, 0.4) is 0 Å². The fraction of sp³-hybridized carbons (Fsp3) is 0.842. The van der Waals surface area contributed by atoms with E-state index >= 15 is 0 Å². The van der Waals surface area contributed by atoms with E-state index in [2.05, 4.69) is 17.5 Å². The highest BCUT2D eigenvalue weighted by Gasteiger charge is 2.37. The summed E-state index contributed by atoms with van der Waals surface area (Å²) in [7, 11) is -3.18. The smallest absolute Gasteiger partial charge is 0.317 e. The summed E-state index contributed by atoms with van der Waals surface area (Å²) in [4.78, 5) is 14.3. The summed E-state index contributed by atoms with van der Waals surface area (Å²) in [5.41, 5.74) is 0. The fourth-order valence-electron chi connectivity index (χ4n) is 5.13. The molecule has 1 N–H and O–H groups in total. The van der Waals surface area contributed by atoms with E-state index in [1.807, 2.05) is 0 Å². The molecule has 2 aliphatic heterocycles. The third-order valence-corrected chi connectivity index (χ3v) is 9.20.